The molecule has 3 rings (SSSR count). The van der Waals surface area contributed by atoms with E-state index in [1.807, 2.05) is 38.1 Å². The van der Waals surface area contributed by atoms with Gasteiger partial charge in [-0.15, -0.1) is 5.10 Å². The van der Waals surface area contributed by atoms with Crippen molar-refractivity contribution in [2.75, 3.05) is 32.8 Å². The van der Waals surface area contributed by atoms with Crippen molar-refractivity contribution in [3.05, 3.63) is 34.7 Å². The average Bonchev–Trinajstić information content (AvgIpc) is 2.97. The van der Waals surface area contributed by atoms with Crippen LogP contribution in [0.25, 0.3) is 11.5 Å². The minimum atomic E-state index is -0.248. The summed E-state index contributed by atoms with van der Waals surface area (Å²) < 4.78 is 12.3. The highest BCUT2D eigenvalue weighted by molar-refractivity contribution is 7.71. The summed E-state index contributed by atoms with van der Waals surface area (Å²) in [7, 11) is 0. The fraction of sp³-hybridized carbons (Fsp3) is 0.471. The second-order valence-electron chi connectivity index (χ2n) is 5.98. The van der Waals surface area contributed by atoms with E-state index in [0.29, 0.717) is 37.1 Å². The molecule has 1 saturated heterocycles. The van der Waals surface area contributed by atoms with Gasteiger partial charge in [0.25, 0.3) is 4.84 Å². The molecule has 0 atom stereocenters. The molecule has 2 heterocycles. The van der Waals surface area contributed by atoms with Crippen LogP contribution in [0.15, 0.2) is 28.7 Å². The van der Waals surface area contributed by atoms with E-state index >= 15 is 0 Å². The van der Waals surface area contributed by atoms with Crippen LogP contribution in [0.5, 0.6) is 0 Å². The summed E-state index contributed by atoms with van der Waals surface area (Å²) in [6, 6.07) is 7.97. The quantitative estimate of drug-likeness (QED) is 0.780. The molecule has 8 heteroatoms. The highest BCUT2D eigenvalue weighted by Gasteiger charge is 2.22. The number of carbonyl (C=O) groups excluding carboxylic acids is 1. The van der Waals surface area contributed by atoms with Gasteiger partial charge in [0, 0.05) is 31.7 Å². The van der Waals surface area contributed by atoms with E-state index in [1.54, 1.807) is 9.58 Å². The number of piperazine rings is 1. The molecule has 1 aromatic carbocycles. The number of ether oxygens (including phenoxy) is 1. The fourth-order valence-electron chi connectivity index (χ4n) is 2.68. The van der Waals surface area contributed by atoms with Gasteiger partial charge in [0.1, 0.15) is 0 Å². The van der Waals surface area contributed by atoms with Crippen LogP contribution in [0.1, 0.15) is 12.5 Å². The smallest absolute Gasteiger partial charge is 0.409 e. The largest absolute Gasteiger partial charge is 0.450 e. The standard InChI is InChI=1S/C17H22N4O3S/c1-3-23-16(22)20-10-8-19(9-11-20)12-21-17(25)24-15(18-21)14-6-4-13(2)5-7-14/h4-7H,3,8-12H2,1-2H3. The highest BCUT2D eigenvalue weighted by Crippen LogP contribution is 2.18. The number of amides is 1. The molecule has 0 bridgehead atoms. The van der Waals surface area contributed by atoms with E-state index in [0.717, 1.165) is 18.7 Å². The molecule has 1 aliphatic rings. The Hall–Kier alpha value is -2.19. The normalized spacial score (nSPS) is 15.4. The molecule has 1 fully saturated rings. The molecule has 0 saturated carbocycles. The monoisotopic (exact) mass is 362 g/mol. The Labute approximate surface area is 151 Å². The van der Waals surface area contributed by atoms with Crippen LogP contribution in [-0.2, 0) is 11.4 Å². The number of aryl methyl sites for hydroxylation is 1. The van der Waals surface area contributed by atoms with Crippen molar-refractivity contribution in [3.8, 4) is 11.5 Å². The summed E-state index contributed by atoms with van der Waals surface area (Å²) in [6.45, 7) is 7.55. The fourth-order valence-corrected chi connectivity index (χ4v) is 2.86. The summed E-state index contributed by atoms with van der Waals surface area (Å²) in [5.74, 6) is 0.523. The number of carbonyl (C=O) groups is 1. The lowest BCUT2D eigenvalue weighted by molar-refractivity contribution is 0.0688. The maximum Gasteiger partial charge on any atom is 0.409 e. The molecule has 134 valence electrons. The van der Waals surface area contributed by atoms with Crippen LogP contribution in [0.4, 0.5) is 4.79 Å². The molecule has 1 aliphatic heterocycles. The Morgan fingerprint density at radius 3 is 2.56 bits per heavy atom. The van der Waals surface area contributed by atoms with Gasteiger partial charge in [-0.1, -0.05) is 17.7 Å². The van der Waals surface area contributed by atoms with Gasteiger partial charge in [0.2, 0.25) is 5.89 Å². The molecule has 25 heavy (non-hydrogen) atoms. The molecular weight excluding hydrogens is 340 g/mol. The van der Waals surface area contributed by atoms with Crippen molar-refractivity contribution in [1.82, 2.24) is 19.6 Å². The van der Waals surface area contributed by atoms with Crippen LogP contribution in [0.3, 0.4) is 0 Å². The maximum absolute atomic E-state index is 11.7. The number of nitrogens with zero attached hydrogens (tertiary/aromatic N) is 4. The van der Waals surface area contributed by atoms with Gasteiger partial charge in [-0.2, -0.15) is 0 Å². The van der Waals surface area contributed by atoms with E-state index < -0.39 is 0 Å². The van der Waals surface area contributed by atoms with Gasteiger partial charge in [0.05, 0.1) is 13.3 Å². The van der Waals surface area contributed by atoms with E-state index in [9.17, 15) is 4.79 Å². The van der Waals surface area contributed by atoms with Crippen molar-refractivity contribution in [1.29, 1.82) is 0 Å². The number of hydrogen-bond acceptors (Lipinski definition) is 6. The minimum absolute atomic E-state index is 0.248. The zero-order valence-electron chi connectivity index (χ0n) is 14.5. The van der Waals surface area contributed by atoms with Gasteiger partial charge in [-0.05, 0) is 38.2 Å². The number of rotatable bonds is 4. The molecule has 1 amide bonds. The predicted octanol–water partition coefficient (Wildman–Crippen LogP) is 2.91. The Kier molecular flexibility index (Phi) is 5.50. The Morgan fingerprint density at radius 1 is 1.24 bits per heavy atom. The molecular formula is C17H22N4O3S. The number of hydrogen-bond donors (Lipinski definition) is 0. The highest BCUT2D eigenvalue weighted by atomic mass is 32.1. The topological polar surface area (TPSA) is 63.7 Å². The van der Waals surface area contributed by atoms with Crippen molar-refractivity contribution >= 4 is 18.3 Å². The predicted molar refractivity (Wildman–Crippen MR) is 95.7 cm³/mol. The van der Waals surface area contributed by atoms with Gasteiger partial charge in [-0.25, -0.2) is 9.48 Å². The third kappa shape index (κ3) is 4.26. The van der Waals surface area contributed by atoms with Gasteiger partial charge < -0.3 is 14.1 Å². The Morgan fingerprint density at radius 2 is 1.92 bits per heavy atom. The molecule has 0 N–H and O–H groups in total. The van der Waals surface area contributed by atoms with Crippen LogP contribution in [0.2, 0.25) is 0 Å². The molecule has 0 radical (unpaired) electrons. The SMILES string of the molecule is CCOC(=O)N1CCN(Cn2nc(-c3ccc(C)cc3)oc2=S)CC1. The van der Waals surface area contributed by atoms with Crippen molar-refractivity contribution < 1.29 is 13.9 Å². The molecule has 0 spiro atoms. The number of aromatic nitrogens is 2. The van der Waals surface area contributed by atoms with Crippen LogP contribution in [0, 0.1) is 11.8 Å². The lowest BCUT2D eigenvalue weighted by Crippen LogP contribution is -2.49. The minimum Gasteiger partial charge on any atom is -0.450 e. The second kappa shape index (κ2) is 7.79. The first-order valence-electron chi connectivity index (χ1n) is 8.36. The van der Waals surface area contributed by atoms with Gasteiger partial charge >= 0.3 is 6.09 Å². The lowest BCUT2D eigenvalue weighted by Gasteiger charge is -2.33. The second-order valence-corrected chi connectivity index (χ2v) is 6.33. The van der Waals surface area contributed by atoms with E-state index in [-0.39, 0.29) is 6.09 Å². The molecule has 2 aromatic rings. The first-order chi connectivity index (χ1) is 12.1. The summed E-state index contributed by atoms with van der Waals surface area (Å²) in [5.41, 5.74) is 2.09. The van der Waals surface area contributed by atoms with E-state index in [1.165, 1.54) is 5.56 Å². The maximum atomic E-state index is 11.7. The van der Waals surface area contributed by atoms with Crippen molar-refractivity contribution in [2.24, 2.45) is 0 Å². The molecule has 1 aromatic heterocycles. The summed E-state index contributed by atoms with van der Waals surface area (Å²) in [5, 5.41) is 4.49. The Balaban J connectivity index is 1.62. The first-order valence-corrected chi connectivity index (χ1v) is 8.76. The van der Waals surface area contributed by atoms with E-state index in [2.05, 4.69) is 10.00 Å². The van der Waals surface area contributed by atoms with Crippen LogP contribution in [-0.4, -0.2) is 58.5 Å². The molecule has 7 nitrogen and oxygen atoms in total. The zero-order valence-corrected chi connectivity index (χ0v) is 15.3. The third-order valence-electron chi connectivity index (χ3n) is 4.14. The third-order valence-corrected chi connectivity index (χ3v) is 4.43. The summed E-state index contributed by atoms with van der Waals surface area (Å²) in [4.78, 5) is 16.0. The summed E-state index contributed by atoms with van der Waals surface area (Å²) >= 11 is 5.29. The van der Waals surface area contributed by atoms with Gasteiger partial charge in [0.15, 0.2) is 0 Å². The Bertz CT molecular complexity index is 776. The summed E-state index contributed by atoms with van der Waals surface area (Å²) in [6.07, 6.45) is -0.248. The van der Waals surface area contributed by atoms with Crippen molar-refractivity contribution in [2.45, 2.75) is 20.5 Å². The van der Waals surface area contributed by atoms with Crippen LogP contribution >= 0.6 is 12.2 Å². The van der Waals surface area contributed by atoms with Crippen LogP contribution < -0.4 is 0 Å². The molecule has 0 aliphatic carbocycles. The average molecular weight is 362 g/mol. The van der Waals surface area contributed by atoms with Gasteiger partial charge in [-0.3, -0.25) is 4.90 Å². The lowest BCUT2D eigenvalue weighted by atomic mass is 10.1. The molecule has 0 unspecified atom stereocenters. The van der Waals surface area contributed by atoms with Crippen molar-refractivity contribution in [3.63, 3.8) is 0 Å². The zero-order chi connectivity index (χ0) is 17.8. The van der Waals surface area contributed by atoms with E-state index in [4.69, 9.17) is 21.4 Å². The number of benzene rings is 1. The first kappa shape index (κ1) is 17.6.